The Hall–Kier alpha value is -5.24. The fourth-order valence-electron chi connectivity index (χ4n) is 5.14. The molecule has 0 saturated heterocycles. The molecule has 0 fully saturated rings. The molecule has 4 aromatic carbocycles. The number of phenolic OH excluding ortho intramolecular Hbond substituents is 2. The molecule has 200 valence electrons. The molecule has 0 aliphatic carbocycles. The summed E-state index contributed by atoms with van der Waals surface area (Å²) in [5.41, 5.74) is 3.15. The van der Waals surface area contributed by atoms with Gasteiger partial charge in [-0.15, -0.1) is 0 Å². The van der Waals surface area contributed by atoms with Crippen molar-refractivity contribution < 1.29 is 19.3 Å². The van der Waals surface area contributed by atoms with Gasteiger partial charge in [0.2, 0.25) is 0 Å². The normalized spacial score (nSPS) is 12.8. The van der Waals surface area contributed by atoms with Gasteiger partial charge in [-0.1, -0.05) is 83.1 Å². The fraction of sp³-hybridized carbons (Fsp3) is 0.125. The van der Waals surface area contributed by atoms with Crippen molar-refractivity contribution in [2.24, 2.45) is 0 Å². The highest BCUT2D eigenvalue weighted by molar-refractivity contribution is 5.94. The molecule has 6 aromatic rings. The second kappa shape index (κ2) is 10.5. The van der Waals surface area contributed by atoms with Crippen LogP contribution in [-0.2, 0) is 0 Å². The number of nitrogens with one attached hydrogen (secondary N) is 2. The molecule has 0 saturated carbocycles. The van der Waals surface area contributed by atoms with Crippen molar-refractivity contribution in [3.8, 4) is 11.5 Å². The van der Waals surface area contributed by atoms with Crippen molar-refractivity contribution in [1.29, 1.82) is 0 Å². The monoisotopic (exact) mass is 532 g/mol. The number of aryl methyl sites for hydroxylation is 2. The molecule has 2 atom stereocenters. The Kier molecular flexibility index (Phi) is 6.57. The molecule has 40 heavy (non-hydrogen) atoms. The van der Waals surface area contributed by atoms with Crippen LogP contribution in [0.5, 0.6) is 11.5 Å². The summed E-state index contributed by atoms with van der Waals surface area (Å²) >= 11 is 0. The number of aromatic nitrogens is 2. The summed E-state index contributed by atoms with van der Waals surface area (Å²) in [7, 11) is 0. The van der Waals surface area contributed by atoms with Crippen molar-refractivity contribution in [2.45, 2.75) is 25.9 Å². The van der Waals surface area contributed by atoms with E-state index in [0.717, 1.165) is 21.9 Å². The van der Waals surface area contributed by atoms with Crippen molar-refractivity contribution >= 4 is 22.4 Å². The molecule has 0 radical (unpaired) electrons. The van der Waals surface area contributed by atoms with E-state index in [9.17, 15) is 10.2 Å². The Balaban J connectivity index is 1.56. The first-order valence-electron chi connectivity index (χ1n) is 12.9. The van der Waals surface area contributed by atoms with Crippen molar-refractivity contribution in [3.05, 3.63) is 131 Å². The van der Waals surface area contributed by atoms with Gasteiger partial charge in [-0.3, -0.25) is 0 Å². The highest BCUT2D eigenvalue weighted by atomic mass is 16.5. The number of benzene rings is 4. The van der Waals surface area contributed by atoms with Crippen LogP contribution in [-0.4, -0.2) is 20.5 Å². The zero-order valence-corrected chi connectivity index (χ0v) is 22.0. The number of fused-ring (bicyclic) bond motifs is 1. The molecule has 8 heteroatoms. The highest BCUT2D eigenvalue weighted by Crippen LogP contribution is 2.44. The van der Waals surface area contributed by atoms with Crippen LogP contribution in [0.15, 0.2) is 106 Å². The average Bonchev–Trinajstić information content (AvgIpc) is 3.58. The Labute approximate surface area is 230 Å². The van der Waals surface area contributed by atoms with E-state index in [2.05, 4.69) is 20.9 Å². The molecule has 8 nitrogen and oxygen atoms in total. The van der Waals surface area contributed by atoms with Gasteiger partial charge in [-0.05, 0) is 47.9 Å². The summed E-state index contributed by atoms with van der Waals surface area (Å²) in [6.45, 7) is 3.65. The number of anilines is 2. The lowest BCUT2D eigenvalue weighted by Gasteiger charge is -2.26. The van der Waals surface area contributed by atoms with Gasteiger partial charge in [-0.25, -0.2) is 0 Å². The Morgan fingerprint density at radius 3 is 1.32 bits per heavy atom. The van der Waals surface area contributed by atoms with Crippen molar-refractivity contribution in [1.82, 2.24) is 10.3 Å². The van der Waals surface area contributed by atoms with Gasteiger partial charge in [0.05, 0.1) is 12.1 Å². The summed E-state index contributed by atoms with van der Waals surface area (Å²) in [5, 5.41) is 39.3. The third-order valence-electron chi connectivity index (χ3n) is 6.92. The molecule has 2 aromatic heterocycles. The first-order valence-corrected chi connectivity index (χ1v) is 12.9. The van der Waals surface area contributed by atoms with E-state index < -0.39 is 12.1 Å². The topological polar surface area (TPSA) is 117 Å². The van der Waals surface area contributed by atoms with Crippen LogP contribution in [0.1, 0.15) is 45.9 Å². The molecular weight excluding hydrogens is 504 g/mol. The first kappa shape index (κ1) is 25.1. The zero-order valence-electron chi connectivity index (χ0n) is 22.0. The van der Waals surface area contributed by atoms with Crippen LogP contribution in [0, 0.1) is 13.8 Å². The number of phenols is 2. The third kappa shape index (κ3) is 4.82. The molecule has 0 aliphatic rings. The smallest absolute Gasteiger partial charge is 0.170 e. The molecule has 0 unspecified atom stereocenters. The van der Waals surface area contributed by atoms with Gasteiger partial charge in [-0.2, -0.15) is 0 Å². The average molecular weight is 533 g/mol. The maximum absolute atomic E-state index is 11.3. The van der Waals surface area contributed by atoms with Gasteiger partial charge in [0.1, 0.15) is 23.0 Å². The maximum atomic E-state index is 11.3. The SMILES string of the molecule is Cc1cc(N[C@H](c2ccccc2)c2c(O)ccc3c([C@H](Nc4cc(C)on4)c4ccccc4)c(O)ccc23)no1. The molecule has 4 N–H and O–H groups in total. The zero-order chi connectivity index (χ0) is 27.6. The number of hydrogen-bond acceptors (Lipinski definition) is 8. The lowest BCUT2D eigenvalue weighted by molar-refractivity contribution is 0.399. The summed E-state index contributed by atoms with van der Waals surface area (Å²) in [6, 6.07) is 29.3. The predicted molar refractivity (Wildman–Crippen MR) is 154 cm³/mol. The second-order valence-electron chi connectivity index (χ2n) is 9.71. The molecule has 0 amide bonds. The second-order valence-corrected chi connectivity index (χ2v) is 9.71. The Morgan fingerprint density at radius 1 is 0.575 bits per heavy atom. The van der Waals surface area contributed by atoms with Gasteiger partial charge in [0, 0.05) is 23.3 Å². The summed E-state index contributed by atoms with van der Waals surface area (Å²) in [4.78, 5) is 0. The quantitative estimate of drug-likeness (QED) is 0.162. The van der Waals surface area contributed by atoms with Crippen molar-refractivity contribution in [3.63, 3.8) is 0 Å². The number of aromatic hydroxyl groups is 2. The van der Waals surface area contributed by atoms with E-state index in [1.54, 1.807) is 12.1 Å². The molecule has 0 spiro atoms. The van der Waals surface area contributed by atoms with Gasteiger partial charge in [0.15, 0.2) is 11.6 Å². The lowest BCUT2D eigenvalue weighted by Crippen LogP contribution is -2.15. The van der Waals surface area contributed by atoms with Crippen LogP contribution < -0.4 is 10.6 Å². The van der Waals surface area contributed by atoms with E-state index in [-0.39, 0.29) is 11.5 Å². The maximum Gasteiger partial charge on any atom is 0.170 e. The van der Waals surface area contributed by atoms with E-state index >= 15 is 0 Å². The molecule has 0 bridgehead atoms. The molecule has 0 aliphatic heterocycles. The van der Waals surface area contributed by atoms with Crippen LogP contribution in [0.3, 0.4) is 0 Å². The predicted octanol–water partition coefficient (Wildman–Crippen LogP) is 7.25. The number of rotatable bonds is 8. The van der Waals surface area contributed by atoms with Crippen LogP contribution in [0.4, 0.5) is 11.6 Å². The van der Waals surface area contributed by atoms with E-state index in [4.69, 9.17) is 9.05 Å². The van der Waals surface area contributed by atoms with Crippen LogP contribution >= 0.6 is 0 Å². The van der Waals surface area contributed by atoms with Crippen LogP contribution in [0.2, 0.25) is 0 Å². The minimum atomic E-state index is -0.465. The van der Waals surface area contributed by atoms with Gasteiger partial charge in [0.25, 0.3) is 0 Å². The van der Waals surface area contributed by atoms with E-state index in [1.807, 2.05) is 98.8 Å². The van der Waals surface area contributed by atoms with Crippen molar-refractivity contribution in [2.75, 3.05) is 10.6 Å². The number of hydrogen-bond donors (Lipinski definition) is 4. The highest BCUT2D eigenvalue weighted by Gasteiger charge is 2.27. The van der Waals surface area contributed by atoms with E-state index in [1.165, 1.54) is 0 Å². The number of nitrogens with zero attached hydrogens (tertiary/aromatic N) is 2. The van der Waals surface area contributed by atoms with Crippen LogP contribution in [0.25, 0.3) is 10.8 Å². The third-order valence-corrected chi connectivity index (χ3v) is 6.92. The molecular formula is C32H28N4O4. The minimum absolute atomic E-state index is 0.113. The standard InChI is InChI=1S/C32H28N4O4/c1-19-17-27(35-39-19)33-31(21-9-5-3-6-10-21)29-23-13-16-26(38)30(24(23)14-15-25(29)37)32(22-11-7-4-8-12-22)34-28-18-20(2)40-36-28/h3-18,31-32,37-38H,1-2H3,(H,33,35)(H,34,36)/t31-,32-/m1/s1. The summed E-state index contributed by atoms with van der Waals surface area (Å²) in [5.74, 6) is 2.66. The molecule has 6 rings (SSSR count). The summed E-state index contributed by atoms with van der Waals surface area (Å²) < 4.78 is 10.6. The Bertz CT molecular complexity index is 1630. The molecule has 2 heterocycles. The first-order chi connectivity index (χ1) is 19.5. The Morgan fingerprint density at radius 2 is 0.975 bits per heavy atom. The van der Waals surface area contributed by atoms with E-state index in [0.29, 0.717) is 34.3 Å². The van der Waals surface area contributed by atoms with Gasteiger partial charge >= 0.3 is 0 Å². The fourth-order valence-corrected chi connectivity index (χ4v) is 5.14. The summed E-state index contributed by atoms with van der Waals surface area (Å²) in [6.07, 6.45) is 0. The lowest BCUT2D eigenvalue weighted by atomic mass is 9.87. The minimum Gasteiger partial charge on any atom is -0.508 e. The van der Waals surface area contributed by atoms with Gasteiger partial charge < -0.3 is 29.9 Å². The largest absolute Gasteiger partial charge is 0.508 e.